The van der Waals surface area contributed by atoms with Crippen molar-refractivity contribution >= 4 is 22.0 Å². The highest BCUT2D eigenvalue weighted by molar-refractivity contribution is 7.17. The van der Waals surface area contributed by atoms with Gasteiger partial charge in [0.2, 0.25) is 10.8 Å². The van der Waals surface area contributed by atoms with Crippen molar-refractivity contribution in [3.8, 4) is 5.88 Å². The molecule has 0 radical (unpaired) electrons. The van der Waals surface area contributed by atoms with Gasteiger partial charge in [0, 0.05) is 31.9 Å². The summed E-state index contributed by atoms with van der Waals surface area (Å²) >= 11 is 1.39. The second-order valence-electron chi connectivity index (χ2n) is 7.06. The van der Waals surface area contributed by atoms with E-state index in [-0.39, 0.29) is 17.7 Å². The fraction of sp³-hybridized carbons (Fsp3) is 0.238. The van der Waals surface area contributed by atoms with Gasteiger partial charge >= 0.3 is 0 Å². The summed E-state index contributed by atoms with van der Waals surface area (Å²) in [5.74, 6) is -0.211. The summed E-state index contributed by atoms with van der Waals surface area (Å²) in [6.45, 7) is 3.31. The van der Waals surface area contributed by atoms with Crippen molar-refractivity contribution in [2.24, 2.45) is 0 Å². The van der Waals surface area contributed by atoms with Gasteiger partial charge in [-0.3, -0.25) is 4.90 Å². The first-order chi connectivity index (χ1) is 14.2. The van der Waals surface area contributed by atoms with Crippen molar-refractivity contribution in [1.29, 1.82) is 0 Å². The highest BCUT2D eigenvalue weighted by Gasteiger charge is 2.31. The number of hydrogen-bond acceptors (Lipinski definition) is 6. The van der Waals surface area contributed by atoms with Gasteiger partial charge in [0.15, 0.2) is 0 Å². The van der Waals surface area contributed by atoms with Crippen LogP contribution in [0.3, 0.4) is 0 Å². The fourth-order valence-corrected chi connectivity index (χ4v) is 5.05. The third-order valence-corrected chi connectivity index (χ3v) is 6.44. The Morgan fingerprint density at radius 2 is 1.79 bits per heavy atom. The lowest BCUT2D eigenvalue weighted by Crippen LogP contribution is -2.47. The van der Waals surface area contributed by atoms with Crippen LogP contribution in [0.15, 0.2) is 60.9 Å². The average molecular weight is 409 g/mol. The molecule has 2 aromatic heterocycles. The number of benzene rings is 2. The van der Waals surface area contributed by atoms with Crippen LogP contribution in [0, 0.1) is 5.82 Å². The molecule has 2 aromatic carbocycles. The number of rotatable bonds is 4. The summed E-state index contributed by atoms with van der Waals surface area (Å²) < 4.78 is 15.5. The van der Waals surface area contributed by atoms with Crippen molar-refractivity contribution < 1.29 is 9.50 Å². The number of aromatic nitrogens is 3. The molecule has 3 heterocycles. The molecule has 1 aliphatic heterocycles. The maximum Gasteiger partial charge on any atom is 0.230 e. The highest BCUT2D eigenvalue weighted by Crippen LogP contribution is 2.40. The Kier molecular flexibility index (Phi) is 4.65. The van der Waals surface area contributed by atoms with Gasteiger partial charge < -0.3 is 10.0 Å². The lowest BCUT2D eigenvalue weighted by Gasteiger charge is -2.40. The van der Waals surface area contributed by atoms with E-state index in [9.17, 15) is 9.50 Å². The lowest BCUT2D eigenvalue weighted by molar-refractivity contribution is 0.211. The molecule has 0 unspecified atom stereocenters. The molecule has 4 aromatic rings. The number of fused-ring (bicyclic) bond motifs is 1. The maximum atomic E-state index is 14.0. The largest absolute Gasteiger partial charge is 0.492 e. The van der Waals surface area contributed by atoms with Gasteiger partial charge in [0.25, 0.3) is 0 Å². The van der Waals surface area contributed by atoms with Crippen LogP contribution >= 0.6 is 11.3 Å². The predicted octanol–water partition coefficient (Wildman–Crippen LogP) is 3.55. The minimum absolute atomic E-state index is 0.0715. The van der Waals surface area contributed by atoms with E-state index in [0.717, 1.165) is 36.6 Å². The molecule has 0 aliphatic carbocycles. The quantitative estimate of drug-likeness (QED) is 0.559. The molecule has 5 rings (SSSR count). The maximum absolute atomic E-state index is 14.0. The molecule has 1 aliphatic rings. The average Bonchev–Trinajstić information content (AvgIpc) is 3.33. The van der Waals surface area contributed by atoms with Crippen LogP contribution in [-0.2, 0) is 0 Å². The summed E-state index contributed by atoms with van der Waals surface area (Å²) in [4.78, 5) is 10.2. The number of thiazole rings is 1. The molecular weight excluding hydrogens is 389 g/mol. The molecule has 148 valence electrons. The van der Waals surface area contributed by atoms with E-state index in [0.29, 0.717) is 4.96 Å². The molecule has 1 atom stereocenters. The smallest absolute Gasteiger partial charge is 0.230 e. The van der Waals surface area contributed by atoms with Gasteiger partial charge in [0.05, 0.1) is 10.9 Å². The SMILES string of the molecule is Oc1c([C@H](c2cccc(F)c2)N2CCN(c3ccccc3)CC2)sc2ncnn12. The van der Waals surface area contributed by atoms with Crippen molar-refractivity contribution in [2.45, 2.75) is 6.04 Å². The normalized spacial score (nSPS) is 16.4. The van der Waals surface area contributed by atoms with Gasteiger partial charge in [-0.2, -0.15) is 9.61 Å². The van der Waals surface area contributed by atoms with E-state index in [1.54, 1.807) is 12.1 Å². The number of piperazine rings is 1. The van der Waals surface area contributed by atoms with Gasteiger partial charge in [-0.25, -0.2) is 9.37 Å². The fourth-order valence-electron chi connectivity index (χ4n) is 3.95. The van der Waals surface area contributed by atoms with E-state index in [4.69, 9.17) is 0 Å². The standard InChI is InChI=1S/C21H20FN5OS/c22-16-6-4-5-15(13-16)18(19-20(28)27-21(29-19)23-14-24-27)26-11-9-25(10-12-26)17-7-2-1-3-8-17/h1-8,13-14,18,28H,9-12H2/t18-/m0/s1. The summed E-state index contributed by atoms with van der Waals surface area (Å²) in [6.07, 6.45) is 1.42. The zero-order chi connectivity index (χ0) is 19.8. The number of anilines is 1. The number of nitrogens with zero attached hydrogens (tertiary/aromatic N) is 5. The van der Waals surface area contributed by atoms with Crippen molar-refractivity contribution in [3.05, 3.63) is 77.2 Å². The first kappa shape index (κ1) is 18.1. The van der Waals surface area contributed by atoms with Crippen LogP contribution in [0.2, 0.25) is 0 Å². The van der Waals surface area contributed by atoms with Crippen molar-refractivity contribution in [1.82, 2.24) is 19.5 Å². The molecular formula is C21H20FN5OS. The molecule has 1 N–H and O–H groups in total. The van der Waals surface area contributed by atoms with E-state index in [1.165, 1.54) is 33.9 Å². The Balaban J connectivity index is 1.48. The molecule has 8 heteroatoms. The zero-order valence-electron chi connectivity index (χ0n) is 15.6. The predicted molar refractivity (Wildman–Crippen MR) is 111 cm³/mol. The van der Waals surface area contributed by atoms with E-state index in [2.05, 4.69) is 32.0 Å². The summed E-state index contributed by atoms with van der Waals surface area (Å²) in [7, 11) is 0. The topological polar surface area (TPSA) is 56.9 Å². The molecule has 0 bridgehead atoms. The first-order valence-electron chi connectivity index (χ1n) is 9.51. The van der Waals surface area contributed by atoms with Crippen LogP contribution in [0.1, 0.15) is 16.5 Å². The van der Waals surface area contributed by atoms with Crippen molar-refractivity contribution in [2.75, 3.05) is 31.1 Å². The molecule has 1 fully saturated rings. The molecule has 29 heavy (non-hydrogen) atoms. The van der Waals surface area contributed by atoms with Crippen LogP contribution in [0.25, 0.3) is 4.96 Å². The molecule has 0 saturated carbocycles. The first-order valence-corrected chi connectivity index (χ1v) is 10.3. The Bertz CT molecular complexity index is 1120. The highest BCUT2D eigenvalue weighted by atomic mass is 32.1. The number of aromatic hydroxyl groups is 1. The minimum atomic E-state index is -0.283. The number of para-hydroxylation sites is 1. The molecule has 1 saturated heterocycles. The van der Waals surface area contributed by atoms with Crippen LogP contribution in [0.4, 0.5) is 10.1 Å². The Hall–Kier alpha value is -2.97. The van der Waals surface area contributed by atoms with Crippen LogP contribution < -0.4 is 4.90 Å². The molecule has 0 amide bonds. The van der Waals surface area contributed by atoms with Gasteiger partial charge in [-0.1, -0.05) is 41.7 Å². The third-order valence-electron chi connectivity index (χ3n) is 5.35. The van der Waals surface area contributed by atoms with Crippen LogP contribution in [-0.4, -0.2) is 50.8 Å². The number of halogens is 1. The van der Waals surface area contributed by atoms with E-state index >= 15 is 0 Å². The van der Waals surface area contributed by atoms with E-state index < -0.39 is 0 Å². The third kappa shape index (κ3) is 3.34. The van der Waals surface area contributed by atoms with Gasteiger partial charge in [0.1, 0.15) is 12.1 Å². The Morgan fingerprint density at radius 1 is 1.00 bits per heavy atom. The molecule has 0 spiro atoms. The van der Waals surface area contributed by atoms with E-state index in [1.807, 2.05) is 24.3 Å². The monoisotopic (exact) mass is 409 g/mol. The number of hydrogen-bond donors (Lipinski definition) is 1. The molecule has 6 nitrogen and oxygen atoms in total. The summed E-state index contributed by atoms with van der Waals surface area (Å²) in [5, 5.41) is 14.9. The lowest BCUT2D eigenvalue weighted by atomic mass is 10.0. The summed E-state index contributed by atoms with van der Waals surface area (Å²) in [5.41, 5.74) is 2.02. The Morgan fingerprint density at radius 3 is 2.52 bits per heavy atom. The van der Waals surface area contributed by atoms with Gasteiger partial charge in [-0.15, -0.1) is 0 Å². The minimum Gasteiger partial charge on any atom is -0.492 e. The Labute approximate surface area is 171 Å². The van der Waals surface area contributed by atoms with Crippen LogP contribution in [0.5, 0.6) is 5.88 Å². The van der Waals surface area contributed by atoms with Gasteiger partial charge in [-0.05, 0) is 29.8 Å². The van der Waals surface area contributed by atoms with Crippen molar-refractivity contribution in [3.63, 3.8) is 0 Å². The second kappa shape index (κ2) is 7.46. The summed E-state index contributed by atoms with van der Waals surface area (Å²) in [6, 6.07) is 16.7. The zero-order valence-corrected chi connectivity index (χ0v) is 16.5. The second-order valence-corrected chi connectivity index (χ2v) is 8.07.